The zero-order valence-corrected chi connectivity index (χ0v) is 18.0. The highest BCUT2D eigenvalue weighted by Gasteiger charge is 2.40. The van der Waals surface area contributed by atoms with Crippen molar-refractivity contribution in [3.05, 3.63) is 71.8 Å². The number of sulfonamides is 1. The number of hydrogen-bond acceptors (Lipinski definition) is 5. The normalized spacial score (nSPS) is 19.5. The predicted octanol–water partition coefficient (Wildman–Crippen LogP) is 2.62. The van der Waals surface area contributed by atoms with Crippen LogP contribution in [0.15, 0.2) is 53.8 Å². The van der Waals surface area contributed by atoms with Crippen LogP contribution < -0.4 is 14.8 Å². The van der Waals surface area contributed by atoms with Crippen molar-refractivity contribution in [1.82, 2.24) is 14.3 Å². The molecule has 0 saturated carbocycles. The number of amides is 1. The molecule has 2 N–H and O–H groups in total. The number of anilines is 1. The summed E-state index contributed by atoms with van der Waals surface area (Å²) in [6, 6.07) is 6.46. The summed E-state index contributed by atoms with van der Waals surface area (Å²) in [7, 11) is -2.54. The van der Waals surface area contributed by atoms with Gasteiger partial charge in [0.05, 0.1) is 5.54 Å². The van der Waals surface area contributed by atoms with Gasteiger partial charge in [0, 0.05) is 37.4 Å². The van der Waals surface area contributed by atoms with Crippen LogP contribution in [0.3, 0.4) is 0 Å². The number of aryl methyl sites for hydroxylation is 1. The third kappa shape index (κ3) is 4.21. The number of aromatic nitrogens is 2. The van der Waals surface area contributed by atoms with Gasteiger partial charge in [0.25, 0.3) is 5.91 Å². The summed E-state index contributed by atoms with van der Waals surface area (Å²) in [5, 5.41) is 2.44. The molecular formula is C21H20F2N4O4S. The SMILES string of the molecule is Cn1cc2c(c1C(=O)Nc1ccc(F)c(F)c1)OCC(C)(Cc1ccncc1)NS2(=O)=O. The highest BCUT2D eigenvalue weighted by atomic mass is 32.2. The number of nitrogens with zero attached hydrogens (tertiary/aromatic N) is 2. The third-order valence-corrected chi connectivity index (χ3v) is 6.68. The second kappa shape index (κ2) is 7.99. The van der Waals surface area contributed by atoms with Gasteiger partial charge in [-0.1, -0.05) is 0 Å². The van der Waals surface area contributed by atoms with Gasteiger partial charge < -0.3 is 14.6 Å². The third-order valence-electron chi connectivity index (χ3n) is 5.04. The highest BCUT2D eigenvalue weighted by Crippen LogP contribution is 2.35. The van der Waals surface area contributed by atoms with Crippen molar-refractivity contribution in [2.45, 2.75) is 23.8 Å². The Morgan fingerprint density at radius 2 is 1.97 bits per heavy atom. The quantitative estimate of drug-likeness (QED) is 0.621. The number of ether oxygens (including phenoxy) is 1. The molecule has 4 rings (SSSR count). The van der Waals surface area contributed by atoms with Crippen LogP contribution in [-0.2, 0) is 23.5 Å². The molecule has 11 heteroatoms. The molecule has 0 bridgehead atoms. The van der Waals surface area contributed by atoms with E-state index in [1.807, 2.05) is 0 Å². The molecule has 1 unspecified atom stereocenters. The fraction of sp³-hybridized carbons (Fsp3) is 0.238. The van der Waals surface area contributed by atoms with E-state index in [1.54, 1.807) is 31.5 Å². The molecule has 3 aromatic rings. The zero-order chi connectivity index (χ0) is 23.1. The van der Waals surface area contributed by atoms with Crippen molar-refractivity contribution < 1.29 is 26.7 Å². The maximum absolute atomic E-state index is 13.5. The van der Waals surface area contributed by atoms with Crippen molar-refractivity contribution >= 4 is 21.6 Å². The average Bonchev–Trinajstić information content (AvgIpc) is 3.02. The second-order valence-electron chi connectivity index (χ2n) is 7.85. The van der Waals surface area contributed by atoms with Crippen LogP contribution in [0.4, 0.5) is 14.5 Å². The molecule has 168 valence electrons. The van der Waals surface area contributed by atoms with E-state index in [9.17, 15) is 22.0 Å². The van der Waals surface area contributed by atoms with Crippen molar-refractivity contribution in [3.8, 4) is 5.75 Å². The Morgan fingerprint density at radius 3 is 2.66 bits per heavy atom. The number of carbonyl (C=O) groups excluding carboxylic acids is 1. The first-order valence-electron chi connectivity index (χ1n) is 9.59. The van der Waals surface area contributed by atoms with Gasteiger partial charge in [-0.2, -0.15) is 0 Å². The molecule has 0 fully saturated rings. The van der Waals surface area contributed by atoms with Crippen LogP contribution in [0.1, 0.15) is 23.0 Å². The molecule has 2 aromatic heterocycles. The van der Waals surface area contributed by atoms with Crippen LogP contribution in [0.2, 0.25) is 0 Å². The fourth-order valence-corrected chi connectivity index (χ4v) is 5.20. The molecule has 3 heterocycles. The summed E-state index contributed by atoms with van der Waals surface area (Å²) in [6.07, 6.45) is 4.83. The van der Waals surface area contributed by atoms with Gasteiger partial charge >= 0.3 is 0 Å². The lowest BCUT2D eigenvalue weighted by Crippen LogP contribution is -2.50. The Kier molecular flexibility index (Phi) is 5.47. The Morgan fingerprint density at radius 1 is 1.25 bits per heavy atom. The van der Waals surface area contributed by atoms with E-state index in [0.717, 1.165) is 17.7 Å². The predicted molar refractivity (Wildman–Crippen MR) is 112 cm³/mol. The number of fused-ring (bicyclic) bond motifs is 1. The maximum Gasteiger partial charge on any atom is 0.276 e. The minimum atomic E-state index is -4.03. The van der Waals surface area contributed by atoms with E-state index in [4.69, 9.17) is 4.74 Å². The van der Waals surface area contributed by atoms with Crippen molar-refractivity contribution in [2.75, 3.05) is 11.9 Å². The molecular weight excluding hydrogens is 442 g/mol. The van der Waals surface area contributed by atoms with E-state index in [1.165, 1.54) is 23.9 Å². The van der Waals surface area contributed by atoms with Gasteiger partial charge in [-0.3, -0.25) is 9.78 Å². The van der Waals surface area contributed by atoms with Gasteiger partial charge in [-0.25, -0.2) is 21.9 Å². The summed E-state index contributed by atoms with van der Waals surface area (Å²) in [5.74, 6) is -3.01. The molecule has 1 atom stereocenters. The van der Waals surface area contributed by atoms with Gasteiger partial charge in [0.1, 0.15) is 11.5 Å². The smallest absolute Gasteiger partial charge is 0.276 e. The van der Waals surface area contributed by atoms with Crippen molar-refractivity contribution in [1.29, 1.82) is 0 Å². The summed E-state index contributed by atoms with van der Waals surface area (Å²) in [4.78, 5) is 16.7. The Hall–Kier alpha value is -3.31. The first kappa shape index (κ1) is 21.9. The Balaban J connectivity index is 1.66. The van der Waals surface area contributed by atoms with Crippen molar-refractivity contribution in [2.24, 2.45) is 7.05 Å². The van der Waals surface area contributed by atoms with E-state index in [-0.39, 0.29) is 28.6 Å². The van der Waals surface area contributed by atoms with E-state index >= 15 is 0 Å². The fourth-order valence-electron chi connectivity index (χ4n) is 3.61. The molecule has 1 amide bonds. The molecule has 0 spiro atoms. The monoisotopic (exact) mass is 462 g/mol. The standard InChI is InChI=1S/C21H20F2N4O4S/c1-21(10-13-5-7-24-8-6-13)12-31-19-17(32(29,30)26-21)11-27(2)18(19)20(28)25-14-3-4-15(22)16(23)9-14/h3-9,11,26H,10,12H2,1-2H3,(H,25,28). The number of halogens is 2. The van der Waals surface area contributed by atoms with Crippen molar-refractivity contribution in [3.63, 3.8) is 0 Å². The van der Waals surface area contributed by atoms with E-state index in [2.05, 4.69) is 15.0 Å². The minimum absolute atomic E-state index is 0.0148. The molecule has 0 aliphatic carbocycles. The van der Waals surface area contributed by atoms with Crippen LogP contribution in [-0.4, -0.2) is 36.0 Å². The minimum Gasteiger partial charge on any atom is -0.488 e. The maximum atomic E-state index is 13.5. The zero-order valence-electron chi connectivity index (χ0n) is 17.2. The van der Waals surface area contributed by atoms with Crippen LogP contribution in [0.25, 0.3) is 0 Å². The average molecular weight is 462 g/mol. The number of benzene rings is 1. The van der Waals surface area contributed by atoms with E-state index in [0.29, 0.717) is 6.42 Å². The van der Waals surface area contributed by atoms with Gasteiger partial charge in [-0.05, 0) is 43.2 Å². The second-order valence-corrected chi connectivity index (χ2v) is 9.50. The van der Waals surface area contributed by atoms with E-state index < -0.39 is 33.1 Å². The molecule has 0 saturated heterocycles. The summed E-state index contributed by atoms with van der Waals surface area (Å²) in [6.45, 7) is 1.66. The van der Waals surface area contributed by atoms with Crippen LogP contribution in [0, 0.1) is 11.6 Å². The van der Waals surface area contributed by atoms with Crippen LogP contribution >= 0.6 is 0 Å². The number of hydrogen-bond donors (Lipinski definition) is 2. The van der Waals surface area contributed by atoms with Gasteiger partial charge in [-0.15, -0.1) is 0 Å². The molecule has 32 heavy (non-hydrogen) atoms. The molecule has 8 nitrogen and oxygen atoms in total. The largest absolute Gasteiger partial charge is 0.488 e. The lowest BCUT2D eigenvalue weighted by Gasteiger charge is -2.28. The lowest BCUT2D eigenvalue weighted by atomic mass is 9.95. The summed E-state index contributed by atoms with van der Waals surface area (Å²) < 4.78 is 62.7. The number of carbonyl (C=O) groups is 1. The van der Waals surface area contributed by atoms with Gasteiger partial charge in [0.2, 0.25) is 10.0 Å². The summed E-state index contributed by atoms with van der Waals surface area (Å²) in [5.41, 5.74) is -0.181. The summed E-state index contributed by atoms with van der Waals surface area (Å²) >= 11 is 0. The molecule has 1 aliphatic heterocycles. The highest BCUT2D eigenvalue weighted by molar-refractivity contribution is 7.89. The number of nitrogens with one attached hydrogen (secondary N) is 2. The molecule has 1 aliphatic rings. The first-order valence-corrected chi connectivity index (χ1v) is 11.1. The van der Waals surface area contributed by atoms with Gasteiger partial charge in [0.15, 0.2) is 23.1 Å². The Labute approximate surface area is 183 Å². The topological polar surface area (TPSA) is 102 Å². The first-order chi connectivity index (χ1) is 15.1. The number of pyridine rings is 1. The van der Waals surface area contributed by atoms with Crippen LogP contribution in [0.5, 0.6) is 5.75 Å². The number of rotatable bonds is 4. The lowest BCUT2D eigenvalue weighted by molar-refractivity contribution is 0.101. The molecule has 1 aromatic carbocycles. The molecule has 0 radical (unpaired) electrons. The Bertz CT molecular complexity index is 1290.